The van der Waals surface area contributed by atoms with Crippen molar-refractivity contribution in [3.63, 3.8) is 0 Å². The van der Waals surface area contributed by atoms with E-state index in [1.807, 2.05) is 97.1 Å². The molecule has 5 heteroatoms. The first-order valence-corrected chi connectivity index (χ1v) is 10.5. The average Bonchev–Trinajstić information content (AvgIpc) is 3.33. The van der Waals surface area contributed by atoms with E-state index in [0.717, 1.165) is 11.1 Å². The van der Waals surface area contributed by atoms with E-state index in [4.69, 9.17) is 9.47 Å². The Hall–Kier alpha value is -4.12. The molecule has 2 heterocycles. The summed E-state index contributed by atoms with van der Waals surface area (Å²) >= 11 is 0. The number of benzene rings is 3. The van der Waals surface area contributed by atoms with Gasteiger partial charge in [-0.25, -0.2) is 4.98 Å². The van der Waals surface area contributed by atoms with Gasteiger partial charge in [-0.2, -0.15) is 0 Å². The molecule has 5 nitrogen and oxygen atoms in total. The molecule has 0 amide bonds. The monoisotopic (exact) mass is 422 g/mol. The topological polar surface area (TPSA) is 60.5 Å². The van der Waals surface area contributed by atoms with Crippen LogP contribution in [-0.4, -0.2) is 17.6 Å². The van der Waals surface area contributed by atoms with Crippen LogP contribution >= 0.6 is 0 Å². The van der Waals surface area contributed by atoms with Crippen molar-refractivity contribution in [1.29, 1.82) is 0 Å². The van der Waals surface area contributed by atoms with Crippen LogP contribution in [0.3, 0.4) is 0 Å². The molecule has 1 aliphatic rings. The fourth-order valence-corrected chi connectivity index (χ4v) is 4.01. The summed E-state index contributed by atoms with van der Waals surface area (Å²) in [4.78, 5) is 18.3. The Morgan fingerprint density at radius 2 is 1.50 bits per heavy atom. The SMILES string of the molecule is O=C(c1ccccc1)[C@@H](c1ccccc1)[C@@H](Nc1ccccn1)c1ccc2c(c1)OCO2. The number of carbonyl (C=O) groups is 1. The molecule has 32 heavy (non-hydrogen) atoms. The third-order valence-electron chi connectivity index (χ3n) is 5.56. The van der Waals surface area contributed by atoms with Gasteiger partial charge in [0.25, 0.3) is 0 Å². The summed E-state index contributed by atoms with van der Waals surface area (Å²) in [5, 5.41) is 3.51. The van der Waals surface area contributed by atoms with E-state index < -0.39 is 5.92 Å². The largest absolute Gasteiger partial charge is 0.454 e. The zero-order chi connectivity index (χ0) is 21.8. The minimum absolute atomic E-state index is 0.0305. The van der Waals surface area contributed by atoms with Gasteiger partial charge in [0.1, 0.15) is 5.82 Å². The minimum atomic E-state index is -0.485. The Bertz CT molecular complexity index is 1200. The predicted molar refractivity (Wildman–Crippen MR) is 123 cm³/mol. The molecule has 0 fully saturated rings. The number of aromatic nitrogens is 1. The Kier molecular flexibility index (Phi) is 5.54. The first kappa shape index (κ1) is 19.8. The number of rotatable bonds is 7. The molecule has 0 radical (unpaired) electrons. The van der Waals surface area contributed by atoms with Gasteiger partial charge in [-0.1, -0.05) is 72.8 Å². The average molecular weight is 422 g/mol. The normalized spacial score (nSPS) is 13.9. The van der Waals surface area contributed by atoms with Crippen LogP contribution in [0.1, 0.15) is 33.4 Å². The van der Waals surface area contributed by atoms with Gasteiger partial charge >= 0.3 is 0 Å². The summed E-state index contributed by atoms with van der Waals surface area (Å²) in [7, 11) is 0. The molecule has 2 atom stereocenters. The lowest BCUT2D eigenvalue weighted by Crippen LogP contribution is -2.27. The molecule has 0 saturated carbocycles. The number of ketones is 1. The van der Waals surface area contributed by atoms with Crippen molar-refractivity contribution < 1.29 is 14.3 Å². The summed E-state index contributed by atoms with van der Waals surface area (Å²) in [5.41, 5.74) is 2.50. The maximum atomic E-state index is 13.9. The second-order valence-electron chi connectivity index (χ2n) is 7.57. The van der Waals surface area contributed by atoms with Crippen molar-refractivity contribution in [2.24, 2.45) is 0 Å². The molecule has 0 spiro atoms. The van der Waals surface area contributed by atoms with Crippen LogP contribution in [-0.2, 0) is 0 Å². The highest BCUT2D eigenvalue weighted by molar-refractivity contribution is 6.01. The lowest BCUT2D eigenvalue weighted by atomic mass is 9.81. The van der Waals surface area contributed by atoms with Crippen LogP contribution in [0.25, 0.3) is 0 Å². The van der Waals surface area contributed by atoms with Crippen molar-refractivity contribution >= 4 is 11.6 Å². The van der Waals surface area contributed by atoms with Crippen molar-refractivity contribution in [3.8, 4) is 11.5 Å². The maximum absolute atomic E-state index is 13.9. The second kappa shape index (κ2) is 8.94. The zero-order valence-corrected chi connectivity index (χ0v) is 17.3. The summed E-state index contributed by atoms with van der Waals surface area (Å²) in [6, 6.07) is 30.4. The predicted octanol–water partition coefficient (Wildman–Crippen LogP) is 5.63. The van der Waals surface area contributed by atoms with Gasteiger partial charge in [-0.3, -0.25) is 4.79 Å². The highest BCUT2D eigenvalue weighted by Gasteiger charge is 2.33. The van der Waals surface area contributed by atoms with E-state index in [2.05, 4.69) is 10.3 Å². The molecule has 5 rings (SSSR count). The molecule has 1 N–H and O–H groups in total. The minimum Gasteiger partial charge on any atom is -0.454 e. The first-order chi connectivity index (χ1) is 15.8. The van der Waals surface area contributed by atoms with E-state index in [1.165, 1.54) is 0 Å². The molecular formula is C27H22N2O3. The number of anilines is 1. The van der Waals surface area contributed by atoms with Gasteiger partial charge in [0.2, 0.25) is 6.79 Å². The lowest BCUT2D eigenvalue weighted by molar-refractivity contribution is 0.0950. The third-order valence-corrected chi connectivity index (χ3v) is 5.56. The Balaban J connectivity index is 1.64. The number of pyridine rings is 1. The number of fused-ring (bicyclic) bond motifs is 1. The van der Waals surface area contributed by atoms with Crippen molar-refractivity contribution in [1.82, 2.24) is 4.98 Å². The Morgan fingerprint density at radius 3 is 2.25 bits per heavy atom. The van der Waals surface area contributed by atoms with Crippen molar-refractivity contribution in [3.05, 3.63) is 120 Å². The third kappa shape index (κ3) is 4.05. The number of nitrogens with zero attached hydrogens (tertiary/aromatic N) is 1. The fraction of sp³-hybridized carbons (Fsp3) is 0.111. The lowest BCUT2D eigenvalue weighted by Gasteiger charge is -2.29. The zero-order valence-electron chi connectivity index (χ0n) is 17.3. The molecule has 1 aliphatic heterocycles. The van der Waals surface area contributed by atoms with Crippen LogP contribution in [0.5, 0.6) is 11.5 Å². The second-order valence-corrected chi connectivity index (χ2v) is 7.57. The van der Waals surface area contributed by atoms with E-state index >= 15 is 0 Å². The maximum Gasteiger partial charge on any atom is 0.231 e. The molecule has 158 valence electrons. The number of nitrogens with one attached hydrogen (secondary N) is 1. The van der Waals surface area contributed by atoms with Crippen LogP contribution in [0.15, 0.2) is 103 Å². The summed E-state index contributed by atoms with van der Waals surface area (Å²) in [6.07, 6.45) is 1.73. The fourth-order valence-electron chi connectivity index (χ4n) is 4.01. The van der Waals surface area contributed by atoms with Gasteiger partial charge in [0.05, 0.1) is 12.0 Å². The number of ether oxygens (including phenoxy) is 2. The van der Waals surface area contributed by atoms with Crippen LogP contribution < -0.4 is 14.8 Å². The number of carbonyl (C=O) groups excluding carboxylic acids is 1. The first-order valence-electron chi connectivity index (χ1n) is 10.5. The Morgan fingerprint density at radius 1 is 0.781 bits per heavy atom. The standard InChI is InChI=1S/C27H22N2O3/c30-27(20-11-5-2-6-12-20)25(19-9-3-1-4-10-19)26(29-24-13-7-8-16-28-24)21-14-15-22-23(17-21)32-18-31-22/h1-17,25-26H,18H2,(H,28,29)/t25-,26-/m0/s1. The molecule has 0 bridgehead atoms. The van der Waals surface area contributed by atoms with E-state index in [9.17, 15) is 4.79 Å². The highest BCUT2D eigenvalue weighted by Crippen LogP contribution is 2.40. The van der Waals surface area contributed by atoms with Gasteiger partial charge in [0.15, 0.2) is 17.3 Å². The van der Waals surface area contributed by atoms with E-state index in [1.54, 1.807) is 6.20 Å². The van der Waals surface area contributed by atoms with Gasteiger partial charge in [-0.05, 0) is 35.4 Å². The number of hydrogen-bond acceptors (Lipinski definition) is 5. The molecule has 1 aromatic heterocycles. The molecule has 3 aromatic carbocycles. The summed E-state index contributed by atoms with van der Waals surface area (Å²) < 4.78 is 11.1. The molecule has 4 aromatic rings. The van der Waals surface area contributed by atoms with Crippen molar-refractivity contribution in [2.75, 3.05) is 12.1 Å². The summed E-state index contributed by atoms with van der Waals surface area (Å²) in [5.74, 6) is 1.62. The molecule has 0 saturated heterocycles. The van der Waals surface area contributed by atoms with Gasteiger partial charge in [0, 0.05) is 11.8 Å². The van der Waals surface area contributed by atoms with E-state index in [0.29, 0.717) is 22.9 Å². The molecule has 0 aliphatic carbocycles. The summed E-state index contributed by atoms with van der Waals surface area (Å²) in [6.45, 7) is 0.197. The smallest absolute Gasteiger partial charge is 0.231 e. The van der Waals surface area contributed by atoms with Crippen LogP contribution in [0.4, 0.5) is 5.82 Å². The van der Waals surface area contributed by atoms with Gasteiger partial charge in [-0.15, -0.1) is 0 Å². The van der Waals surface area contributed by atoms with Gasteiger partial charge < -0.3 is 14.8 Å². The quantitative estimate of drug-likeness (QED) is 0.391. The van der Waals surface area contributed by atoms with E-state index in [-0.39, 0.29) is 18.6 Å². The molecule has 0 unspecified atom stereocenters. The van der Waals surface area contributed by atoms with Crippen LogP contribution in [0.2, 0.25) is 0 Å². The Labute approximate surface area is 186 Å². The number of hydrogen-bond donors (Lipinski definition) is 1. The molecular weight excluding hydrogens is 400 g/mol. The van der Waals surface area contributed by atoms with Crippen molar-refractivity contribution in [2.45, 2.75) is 12.0 Å². The van der Waals surface area contributed by atoms with Crippen LogP contribution in [0, 0.1) is 0 Å². The number of Topliss-reactive ketones (excluding diaryl/α,β-unsaturated/α-hetero) is 1. The highest BCUT2D eigenvalue weighted by atomic mass is 16.7.